The first-order valence-corrected chi connectivity index (χ1v) is 14.0. The molecule has 0 bridgehead atoms. The van der Waals surface area contributed by atoms with Gasteiger partial charge in [-0.2, -0.15) is 0 Å². The van der Waals surface area contributed by atoms with Crippen molar-refractivity contribution in [2.24, 2.45) is 0 Å². The van der Waals surface area contributed by atoms with E-state index in [1.165, 1.54) is 12.1 Å². The SMILES string of the molecule is O=C(C[C@H]1C[C@H]2c3cc(NS(=O)(=O)c4ccc(F)cc4)ccc3O[C@H]2[C@@H](CO)O1)NCCc1ccccc1. The highest BCUT2D eigenvalue weighted by Gasteiger charge is 2.46. The number of rotatable bonds is 9. The first-order valence-electron chi connectivity index (χ1n) is 12.5. The van der Waals surface area contributed by atoms with Gasteiger partial charge in [-0.05, 0) is 60.9 Å². The molecule has 2 aliphatic heterocycles. The number of aliphatic hydroxyl groups is 1. The van der Waals surface area contributed by atoms with Crippen molar-refractivity contribution in [3.05, 3.63) is 89.7 Å². The van der Waals surface area contributed by atoms with Gasteiger partial charge >= 0.3 is 0 Å². The zero-order chi connectivity index (χ0) is 26.7. The van der Waals surface area contributed by atoms with E-state index >= 15 is 0 Å². The summed E-state index contributed by atoms with van der Waals surface area (Å²) >= 11 is 0. The summed E-state index contributed by atoms with van der Waals surface area (Å²) in [7, 11) is -3.92. The molecule has 1 fully saturated rings. The van der Waals surface area contributed by atoms with Crippen LogP contribution in [0.2, 0.25) is 0 Å². The lowest BCUT2D eigenvalue weighted by atomic mass is 9.84. The van der Waals surface area contributed by atoms with Crippen LogP contribution in [-0.2, 0) is 26.0 Å². The minimum Gasteiger partial charge on any atom is -0.487 e. The first kappa shape index (κ1) is 26.1. The molecule has 8 nitrogen and oxygen atoms in total. The first-order chi connectivity index (χ1) is 18.3. The molecule has 0 radical (unpaired) electrons. The normalized spacial score (nSPS) is 22.2. The van der Waals surface area contributed by atoms with Crippen LogP contribution in [-0.4, -0.2) is 50.9 Å². The quantitative estimate of drug-likeness (QED) is 0.384. The van der Waals surface area contributed by atoms with Gasteiger partial charge in [-0.3, -0.25) is 9.52 Å². The molecule has 3 aromatic rings. The Morgan fingerprint density at radius 3 is 2.55 bits per heavy atom. The predicted octanol–water partition coefficient (Wildman–Crippen LogP) is 3.37. The van der Waals surface area contributed by atoms with Gasteiger partial charge in [0.1, 0.15) is 23.8 Å². The molecular weight excluding hydrogens is 511 g/mol. The monoisotopic (exact) mass is 540 g/mol. The molecule has 0 saturated carbocycles. The molecule has 5 rings (SSSR count). The number of halogens is 1. The Labute approximate surface area is 220 Å². The molecule has 10 heteroatoms. The molecule has 3 aromatic carbocycles. The summed E-state index contributed by atoms with van der Waals surface area (Å²) in [5.41, 5.74) is 2.25. The smallest absolute Gasteiger partial charge is 0.261 e. The van der Waals surface area contributed by atoms with Crippen molar-refractivity contribution in [3.63, 3.8) is 0 Å². The Balaban J connectivity index is 1.26. The van der Waals surface area contributed by atoms with Crippen LogP contribution in [0.1, 0.15) is 29.9 Å². The molecule has 0 spiro atoms. The van der Waals surface area contributed by atoms with Crippen molar-refractivity contribution in [2.75, 3.05) is 17.9 Å². The number of sulfonamides is 1. The van der Waals surface area contributed by atoms with E-state index in [0.29, 0.717) is 24.4 Å². The van der Waals surface area contributed by atoms with E-state index in [4.69, 9.17) is 9.47 Å². The van der Waals surface area contributed by atoms with E-state index < -0.39 is 34.2 Å². The van der Waals surface area contributed by atoms with Gasteiger partial charge in [0.2, 0.25) is 5.91 Å². The molecule has 0 unspecified atom stereocenters. The highest BCUT2D eigenvalue weighted by atomic mass is 32.2. The van der Waals surface area contributed by atoms with E-state index in [9.17, 15) is 22.7 Å². The van der Waals surface area contributed by atoms with E-state index in [1.54, 1.807) is 18.2 Å². The largest absolute Gasteiger partial charge is 0.487 e. The van der Waals surface area contributed by atoms with Crippen LogP contribution in [0.15, 0.2) is 77.7 Å². The van der Waals surface area contributed by atoms with Crippen LogP contribution in [0.25, 0.3) is 0 Å². The van der Waals surface area contributed by atoms with E-state index in [0.717, 1.165) is 29.7 Å². The lowest BCUT2D eigenvalue weighted by Crippen LogP contribution is -2.47. The molecule has 1 amide bonds. The van der Waals surface area contributed by atoms with Gasteiger partial charge in [-0.25, -0.2) is 12.8 Å². The highest BCUT2D eigenvalue weighted by molar-refractivity contribution is 7.92. The number of benzene rings is 3. The van der Waals surface area contributed by atoms with Gasteiger partial charge in [-0.15, -0.1) is 0 Å². The number of carbonyl (C=O) groups is 1. The molecule has 200 valence electrons. The van der Waals surface area contributed by atoms with Crippen LogP contribution < -0.4 is 14.8 Å². The van der Waals surface area contributed by atoms with Crippen LogP contribution in [0.5, 0.6) is 5.75 Å². The maximum atomic E-state index is 13.2. The third-order valence-corrected chi connectivity index (χ3v) is 8.26. The van der Waals surface area contributed by atoms with Gasteiger partial charge in [0.25, 0.3) is 10.0 Å². The zero-order valence-corrected chi connectivity index (χ0v) is 21.4. The minimum atomic E-state index is -3.92. The lowest BCUT2D eigenvalue weighted by molar-refractivity contribution is -0.142. The summed E-state index contributed by atoms with van der Waals surface area (Å²) in [6.07, 6.45) is -0.159. The number of ether oxygens (including phenoxy) is 2. The Hall–Kier alpha value is -3.47. The second-order valence-electron chi connectivity index (χ2n) is 9.51. The fourth-order valence-electron chi connectivity index (χ4n) is 5.05. The molecule has 2 heterocycles. The number of carbonyl (C=O) groups excluding carboxylic acids is 1. The van der Waals surface area contributed by atoms with E-state index in [1.807, 2.05) is 30.3 Å². The number of nitrogens with one attached hydrogen (secondary N) is 2. The summed E-state index contributed by atoms with van der Waals surface area (Å²) < 4.78 is 53.4. The van der Waals surface area contributed by atoms with Crippen LogP contribution in [0.3, 0.4) is 0 Å². The van der Waals surface area contributed by atoms with Gasteiger partial charge in [-0.1, -0.05) is 30.3 Å². The molecule has 0 aromatic heterocycles. The van der Waals surface area contributed by atoms with Crippen molar-refractivity contribution in [1.82, 2.24) is 5.32 Å². The average Bonchev–Trinajstić information content (AvgIpc) is 3.27. The van der Waals surface area contributed by atoms with E-state index in [-0.39, 0.29) is 29.7 Å². The number of amides is 1. The van der Waals surface area contributed by atoms with Crippen molar-refractivity contribution in [1.29, 1.82) is 0 Å². The van der Waals surface area contributed by atoms with Crippen molar-refractivity contribution >= 4 is 21.6 Å². The topological polar surface area (TPSA) is 114 Å². The van der Waals surface area contributed by atoms with Gasteiger partial charge in [0.05, 0.1) is 24.0 Å². The summed E-state index contributed by atoms with van der Waals surface area (Å²) in [4.78, 5) is 12.6. The van der Waals surface area contributed by atoms with Crippen molar-refractivity contribution < 1.29 is 32.2 Å². The number of hydrogen-bond acceptors (Lipinski definition) is 6. The predicted molar refractivity (Wildman–Crippen MR) is 139 cm³/mol. The second-order valence-corrected chi connectivity index (χ2v) is 11.2. The maximum Gasteiger partial charge on any atom is 0.261 e. The standard InChI is InChI=1S/C28H29FN2O6S/c29-19-6-9-22(10-7-19)38(34,35)31-20-8-11-25-23(14-20)24-15-21(36-26(17-32)28(24)37-25)16-27(33)30-13-12-18-4-2-1-3-5-18/h1-11,14,21,24,26,28,31-32H,12-13,15-17H2,(H,30,33)/t21-,24+,26-,28-/m1/s1. The van der Waals surface area contributed by atoms with Gasteiger partial charge in [0, 0.05) is 23.7 Å². The summed E-state index contributed by atoms with van der Waals surface area (Å²) in [6.45, 7) is 0.236. The van der Waals surface area contributed by atoms with Crippen LogP contribution >= 0.6 is 0 Å². The Morgan fingerprint density at radius 2 is 1.82 bits per heavy atom. The van der Waals surface area contributed by atoms with Gasteiger partial charge in [0.15, 0.2) is 0 Å². The molecule has 38 heavy (non-hydrogen) atoms. The van der Waals surface area contributed by atoms with Crippen LogP contribution in [0.4, 0.5) is 10.1 Å². The number of anilines is 1. The zero-order valence-electron chi connectivity index (χ0n) is 20.5. The second kappa shape index (κ2) is 11.1. The number of aliphatic hydroxyl groups excluding tert-OH is 1. The summed E-state index contributed by atoms with van der Waals surface area (Å²) in [5.74, 6) is -0.267. The summed E-state index contributed by atoms with van der Waals surface area (Å²) in [6, 6.07) is 19.4. The molecule has 1 saturated heterocycles. The molecule has 0 aliphatic carbocycles. The third kappa shape index (κ3) is 5.82. The van der Waals surface area contributed by atoms with Crippen molar-refractivity contribution in [3.8, 4) is 5.75 Å². The third-order valence-electron chi connectivity index (χ3n) is 6.87. The fraction of sp³-hybridized carbons (Fsp3) is 0.321. The number of fused-ring (bicyclic) bond motifs is 3. The minimum absolute atomic E-state index is 0.0572. The molecular formula is C28H29FN2O6S. The number of hydrogen-bond donors (Lipinski definition) is 3. The molecule has 2 aliphatic rings. The average molecular weight is 541 g/mol. The molecule has 3 N–H and O–H groups in total. The maximum absolute atomic E-state index is 13.2. The Bertz CT molecular complexity index is 1380. The Kier molecular flexibility index (Phi) is 7.64. The van der Waals surface area contributed by atoms with Gasteiger partial charge < -0.3 is 19.9 Å². The van der Waals surface area contributed by atoms with Crippen molar-refractivity contribution in [2.45, 2.75) is 48.4 Å². The Morgan fingerprint density at radius 1 is 1.05 bits per heavy atom. The van der Waals surface area contributed by atoms with Crippen LogP contribution in [0, 0.1) is 5.82 Å². The van der Waals surface area contributed by atoms with E-state index in [2.05, 4.69) is 10.0 Å². The fourth-order valence-corrected chi connectivity index (χ4v) is 6.10. The summed E-state index contributed by atoms with van der Waals surface area (Å²) in [5, 5.41) is 12.9. The molecule has 4 atom stereocenters. The lowest BCUT2D eigenvalue weighted by Gasteiger charge is -2.37. The highest BCUT2D eigenvalue weighted by Crippen LogP contribution is 2.47.